The molecule has 2 aliphatic rings. The second kappa shape index (κ2) is 8.72. The Balaban J connectivity index is 1.29. The lowest BCUT2D eigenvalue weighted by atomic mass is 10.0. The van der Waals surface area contributed by atoms with Gasteiger partial charge in [0, 0.05) is 56.4 Å². The minimum atomic E-state index is -0.124. The van der Waals surface area contributed by atoms with Gasteiger partial charge in [0.2, 0.25) is 0 Å². The van der Waals surface area contributed by atoms with Gasteiger partial charge >= 0.3 is 0 Å². The summed E-state index contributed by atoms with van der Waals surface area (Å²) in [4.78, 5) is 9.32. The van der Waals surface area contributed by atoms with Crippen molar-refractivity contribution in [2.75, 3.05) is 26.2 Å². The predicted octanol–water partition coefficient (Wildman–Crippen LogP) is 3.59. The lowest BCUT2D eigenvalue weighted by Crippen LogP contribution is -2.35. The molecular formula is C25H29N3O2. The average molecular weight is 404 g/mol. The van der Waals surface area contributed by atoms with Crippen molar-refractivity contribution in [2.24, 2.45) is 0 Å². The third-order valence-electron chi connectivity index (χ3n) is 6.22. The molecule has 3 aromatic rings. The molecule has 5 rings (SSSR count). The van der Waals surface area contributed by atoms with Crippen molar-refractivity contribution in [2.45, 2.75) is 38.6 Å². The van der Waals surface area contributed by atoms with Gasteiger partial charge in [-0.3, -0.25) is 14.8 Å². The highest BCUT2D eigenvalue weighted by Gasteiger charge is 2.19. The summed E-state index contributed by atoms with van der Waals surface area (Å²) < 4.78 is 6.05. The number of nitrogens with zero attached hydrogens (tertiary/aromatic N) is 3. The van der Waals surface area contributed by atoms with Crippen molar-refractivity contribution in [1.29, 1.82) is 0 Å². The number of piperidine rings is 1. The summed E-state index contributed by atoms with van der Waals surface area (Å²) >= 11 is 0. The standard InChI is InChI=1S/C25H29N3O2/c29-23-7-10-27(11-8-23)16-20-4-6-25-22(15-20)18-28(12-13-30-25)17-19-3-5-24-21(14-19)2-1-9-26-24/h1-6,9,14-15,23,29H,7-8,10-13,16-18H2. The molecule has 0 saturated carbocycles. The van der Waals surface area contributed by atoms with Crippen molar-refractivity contribution in [3.8, 4) is 5.75 Å². The van der Waals surface area contributed by atoms with Gasteiger partial charge in [0.25, 0.3) is 0 Å². The van der Waals surface area contributed by atoms with Crippen LogP contribution in [0.25, 0.3) is 10.9 Å². The summed E-state index contributed by atoms with van der Waals surface area (Å²) in [6.07, 6.45) is 3.47. The van der Waals surface area contributed by atoms with Crippen molar-refractivity contribution >= 4 is 10.9 Å². The van der Waals surface area contributed by atoms with Crippen LogP contribution in [0.2, 0.25) is 0 Å². The lowest BCUT2D eigenvalue weighted by molar-refractivity contribution is 0.0792. The maximum atomic E-state index is 9.74. The van der Waals surface area contributed by atoms with Gasteiger partial charge in [-0.2, -0.15) is 0 Å². The molecule has 0 spiro atoms. The van der Waals surface area contributed by atoms with Crippen molar-refractivity contribution in [1.82, 2.24) is 14.8 Å². The van der Waals surface area contributed by atoms with E-state index in [4.69, 9.17) is 4.74 Å². The lowest BCUT2D eigenvalue weighted by Gasteiger charge is -2.29. The number of hydrogen-bond donors (Lipinski definition) is 1. The van der Waals surface area contributed by atoms with Crippen LogP contribution in [0.4, 0.5) is 0 Å². The van der Waals surface area contributed by atoms with Crippen LogP contribution in [0.5, 0.6) is 5.75 Å². The molecule has 2 aliphatic heterocycles. The van der Waals surface area contributed by atoms with Gasteiger partial charge in [0.05, 0.1) is 11.6 Å². The van der Waals surface area contributed by atoms with Gasteiger partial charge in [-0.1, -0.05) is 18.2 Å². The number of ether oxygens (including phenoxy) is 1. The van der Waals surface area contributed by atoms with Gasteiger partial charge < -0.3 is 9.84 Å². The van der Waals surface area contributed by atoms with Crippen LogP contribution < -0.4 is 4.74 Å². The quantitative estimate of drug-likeness (QED) is 0.722. The summed E-state index contributed by atoms with van der Waals surface area (Å²) in [7, 11) is 0. The van der Waals surface area contributed by atoms with E-state index in [0.29, 0.717) is 6.61 Å². The minimum absolute atomic E-state index is 0.124. The number of aliphatic hydroxyl groups is 1. The molecule has 1 saturated heterocycles. The van der Waals surface area contributed by atoms with E-state index in [1.54, 1.807) is 0 Å². The summed E-state index contributed by atoms with van der Waals surface area (Å²) in [5.41, 5.74) is 4.94. The number of rotatable bonds is 4. The van der Waals surface area contributed by atoms with Crippen molar-refractivity contribution in [3.05, 3.63) is 71.4 Å². The van der Waals surface area contributed by atoms with E-state index in [2.05, 4.69) is 57.2 Å². The summed E-state index contributed by atoms with van der Waals surface area (Å²) in [5.74, 6) is 1.01. The highest BCUT2D eigenvalue weighted by molar-refractivity contribution is 5.78. The molecule has 1 aromatic heterocycles. The summed E-state index contributed by atoms with van der Waals surface area (Å²) in [6, 6.07) is 17.3. The molecule has 3 heterocycles. The van der Waals surface area contributed by atoms with Gasteiger partial charge in [0.1, 0.15) is 12.4 Å². The molecule has 0 amide bonds. The fourth-order valence-electron chi connectivity index (χ4n) is 4.55. The van der Waals surface area contributed by atoms with E-state index in [1.807, 2.05) is 12.3 Å². The Bertz CT molecular complexity index is 1010. The Hall–Kier alpha value is -2.47. The molecule has 0 bridgehead atoms. The average Bonchev–Trinajstić information content (AvgIpc) is 2.96. The molecule has 0 unspecified atom stereocenters. The molecule has 5 nitrogen and oxygen atoms in total. The Morgan fingerprint density at radius 2 is 1.73 bits per heavy atom. The van der Waals surface area contributed by atoms with Gasteiger partial charge in [-0.05, 0) is 54.3 Å². The van der Waals surface area contributed by atoms with Gasteiger partial charge in [-0.15, -0.1) is 0 Å². The molecular weight excluding hydrogens is 374 g/mol. The highest BCUT2D eigenvalue weighted by Crippen LogP contribution is 2.27. The number of hydrogen-bond acceptors (Lipinski definition) is 5. The van der Waals surface area contributed by atoms with Crippen molar-refractivity contribution < 1.29 is 9.84 Å². The van der Waals surface area contributed by atoms with Crippen LogP contribution in [0.3, 0.4) is 0 Å². The molecule has 2 aromatic carbocycles. The number of likely N-dealkylation sites (tertiary alicyclic amines) is 1. The highest BCUT2D eigenvalue weighted by atomic mass is 16.5. The fraction of sp³-hybridized carbons (Fsp3) is 0.400. The monoisotopic (exact) mass is 403 g/mol. The molecule has 30 heavy (non-hydrogen) atoms. The zero-order valence-corrected chi connectivity index (χ0v) is 17.3. The Labute approximate surface area is 177 Å². The largest absolute Gasteiger partial charge is 0.492 e. The first-order valence-electron chi connectivity index (χ1n) is 10.9. The molecule has 0 radical (unpaired) electrons. The van der Waals surface area contributed by atoms with Crippen LogP contribution >= 0.6 is 0 Å². The zero-order chi connectivity index (χ0) is 20.3. The predicted molar refractivity (Wildman–Crippen MR) is 118 cm³/mol. The number of aliphatic hydroxyl groups excluding tert-OH is 1. The topological polar surface area (TPSA) is 48.8 Å². The van der Waals surface area contributed by atoms with Crippen LogP contribution in [0.1, 0.15) is 29.5 Å². The Kier molecular flexibility index (Phi) is 5.67. The second-order valence-electron chi connectivity index (χ2n) is 8.54. The number of aromatic nitrogens is 1. The number of fused-ring (bicyclic) bond motifs is 2. The number of pyridine rings is 1. The van der Waals surface area contributed by atoms with E-state index in [-0.39, 0.29) is 6.10 Å². The van der Waals surface area contributed by atoms with E-state index < -0.39 is 0 Å². The summed E-state index contributed by atoms with van der Waals surface area (Å²) in [6.45, 7) is 6.31. The van der Waals surface area contributed by atoms with E-state index in [1.165, 1.54) is 22.1 Å². The van der Waals surface area contributed by atoms with E-state index in [9.17, 15) is 5.11 Å². The smallest absolute Gasteiger partial charge is 0.123 e. The third-order valence-corrected chi connectivity index (χ3v) is 6.22. The van der Waals surface area contributed by atoms with Crippen LogP contribution in [-0.4, -0.2) is 52.2 Å². The maximum absolute atomic E-state index is 9.74. The molecule has 0 atom stereocenters. The number of benzene rings is 2. The molecule has 156 valence electrons. The second-order valence-corrected chi connectivity index (χ2v) is 8.54. The fourth-order valence-corrected chi connectivity index (χ4v) is 4.55. The zero-order valence-electron chi connectivity index (χ0n) is 17.3. The normalized spacial score (nSPS) is 18.7. The molecule has 1 fully saturated rings. The van der Waals surface area contributed by atoms with E-state index in [0.717, 1.165) is 63.4 Å². The SMILES string of the molecule is OC1CCN(Cc2ccc3c(c2)CN(Cc2ccc4ncccc4c2)CCO3)CC1. The first-order valence-corrected chi connectivity index (χ1v) is 10.9. The molecule has 5 heteroatoms. The Morgan fingerprint density at radius 3 is 2.63 bits per heavy atom. The maximum Gasteiger partial charge on any atom is 0.123 e. The van der Waals surface area contributed by atoms with Crippen LogP contribution in [-0.2, 0) is 19.6 Å². The molecule has 0 aliphatic carbocycles. The molecule has 1 N–H and O–H groups in total. The third kappa shape index (κ3) is 4.48. The van der Waals surface area contributed by atoms with Crippen molar-refractivity contribution in [3.63, 3.8) is 0 Å². The minimum Gasteiger partial charge on any atom is -0.492 e. The van der Waals surface area contributed by atoms with Crippen LogP contribution in [0.15, 0.2) is 54.7 Å². The summed E-state index contributed by atoms with van der Waals surface area (Å²) in [5, 5.41) is 10.9. The van der Waals surface area contributed by atoms with E-state index >= 15 is 0 Å². The first-order chi connectivity index (χ1) is 14.7. The van der Waals surface area contributed by atoms with Gasteiger partial charge in [0.15, 0.2) is 0 Å². The van der Waals surface area contributed by atoms with Crippen LogP contribution in [0, 0.1) is 0 Å². The first kappa shape index (κ1) is 19.5. The Morgan fingerprint density at radius 1 is 0.933 bits per heavy atom. The van der Waals surface area contributed by atoms with Gasteiger partial charge in [-0.25, -0.2) is 0 Å².